The van der Waals surface area contributed by atoms with Crippen LogP contribution in [0.25, 0.3) is 0 Å². The van der Waals surface area contributed by atoms with Crippen LogP contribution in [0, 0.1) is 5.92 Å². The third kappa shape index (κ3) is 7.73. The molecule has 5 nitrogen and oxygen atoms in total. The summed E-state index contributed by atoms with van der Waals surface area (Å²) in [6.07, 6.45) is -1.83. The van der Waals surface area contributed by atoms with E-state index in [0.717, 1.165) is 23.1 Å². The lowest BCUT2D eigenvalue weighted by Gasteiger charge is -2.45. The minimum Gasteiger partial charge on any atom is -0.388 e. The average molecular weight is 491 g/mol. The number of rotatable bonds is 12. The van der Waals surface area contributed by atoms with E-state index in [1.54, 1.807) is 0 Å². The van der Waals surface area contributed by atoms with Gasteiger partial charge in [-0.15, -0.1) is 0 Å². The molecule has 1 saturated heterocycles. The number of aliphatic hydroxyl groups excluding tert-OH is 1. The SMILES string of the molecule is CC(C)C[C@H]1O[C@H](COCc2ccccc2)[C@H](OCc2ccccc2)[C@H](OCc2ccccc2)[C@H]1O. The van der Waals surface area contributed by atoms with Crippen LogP contribution in [0.2, 0.25) is 0 Å². The molecular formula is C31H38O5. The smallest absolute Gasteiger partial charge is 0.115 e. The van der Waals surface area contributed by atoms with E-state index in [0.29, 0.717) is 32.3 Å². The summed E-state index contributed by atoms with van der Waals surface area (Å²) in [6.45, 7) is 5.89. The van der Waals surface area contributed by atoms with Gasteiger partial charge in [-0.2, -0.15) is 0 Å². The summed E-state index contributed by atoms with van der Waals surface area (Å²) in [6, 6.07) is 30.1. The van der Waals surface area contributed by atoms with Crippen molar-refractivity contribution in [1.82, 2.24) is 0 Å². The molecule has 36 heavy (non-hydrogen) atoms. The van der Waals surface area contributed by atoms with Crippen LogP contribution < -0.4 is 0 Å². The molecular weight excluding hydrogens is 452 g/mol. The van der Waals surface area contributed by atoms with Crippen molar-refractivity contribution in [2.24, 2.45) is 5.92 Å². The van der Waals surface area contributed by atoms with E-state index in [4.69, 9.17) is 18.9 Å². The quantitative estimate of drug-likeness (QED) is 0.361. The lowest BCUT2D eigenvalue weighted by atomic mass is 9.90. The molecule has 0 aromatic heterocycles. The summed E-state index contributed by atoms with van der Waals surface area (Å²) in [5, 5.41) is 11.4. The number of ether oxygens (including phenoxy) is 4. The maximum absolute atomic E-state index is 11.4. The van der Waals surface area contributed by atoms with Crippen molar-refractivity contribution < 1.29 is 24.1 Å². The van der Waals surface area contributed by atoms with E-state index in [1.165, 1.54) is 0 Å². The zero-order valence-corrected chi connectivity index (χ0v) is 21.2. The molecule has 1 heterocycles. The Labute approximate surface area is 215 Å². The molecule has 0 bridgehead atoms. The summed E-state index contributed by atoms with van der Waals surface area (Å²) >= 11 is 0. The average Bonchev–Trinajstić information content (AvgIpc) is 2.90. The van der Waals surface area contributed by atoms with Crippen molar-refractivity contribution in [1.29, 1.82) is 0 Å². The highest BCUT2D eigenvalue weighted by Gasteiger charge is 2.46. The molecule has 192 valence electrons. The van der Waals surface area contributed by atoms with Crippen LogP contribution in [0.5, 0.6) is 0 Å². The van der Waals surface area contributed by atoms with Gasteiger partial charge in [0.05, 0.1) is 32.5 Å². The van der Waals surface area contributed by atoms with Crippen LogP contribution in [-0.4, -0.2) is 42.2 Å². The highest BCUT2D eigenvalue weighted by atomic mass is 16.6. The highest BCUT2D eigenvalue weighted by Crippen LogP contribution is 2.31. The second kappa shape index (κ2) is 13.7. The van der Waals surface area contributed by atoms with Crippen molar-refractivity contribution >= 4 is 0 Å². The minimum atomic E-state index is -0.803. The molecule has 3 aromatic carbocycles. The second-order valence-corrected chi connectivity index (χ2v) is 9.86. The molecule has 4 rings (SSSR count). The highest BCUT2D eigenvalue weighted by molar-refractivity contribution is 5.15. The predicted molar refractivity (Wildman–Crippen MR) is 140 cm³/mol. The Balaban J connectivity index is 1.52. The largest absolute Gasteiger partial charge is 0.388 e. The molecule has 1 N–H and O–H groups in total. The van der Waals surface area contributed by atoms with E-state index in [-0.39, 0.29) is 12.2 Å². The van der Waals surface area contributed by atoms with E-state index >= 15 is 0 Å². The van der Waals surface area contributed by atoms with Gasteiger partial charge in [0.25, 0.3) is 0 Å². The Bertz CT molecular complexity index is 995. The molecule has 1 fully saturated rings. The number of hydrogen-bond donors (Lipinski definition) is 1. The van der Waals surface area contributed by atoms with Gasteiger partial charge < -0.3 is 24.1 Å². The van der Waals surface area contributed by atoms with E-state index < -0.39 is 18.3 Å². The first kappa shape index (κ1) is 26.5. The monoisotopic (exact) mass is 490 g/mol. The van der Waals surface area contributed by atoms with E-state index in [2.05, 4.69) is 13.8 Å². The third-order valence-corrected chi connectivity index (χ3v) is 6.43. The van der Waals surface area contributed by atoms with Gasteiger partial charge >= 0.3 is 0 Å². The maximum atomic E-state index is 11.4. The fraction of sp³-hybridized carbons (Fsp3) is 0.419. The molecule has 0 saturated carbocycles. The van der Waals surface area contributed by atoms with Crippen molar-refractivity contribution in [3.05, 3.63) is 108 Å². The number of benzene rings is 3. The topological polar surface area (TPSA) is 57.2 Å². The van der Waals surface area contributed by atoms with Gasteiger partial charge in [0.15, 0.2) is 0 Å². The number of hydrogen-bond acceptors (Lipinski definition) is 5. The van der Waals surface area contributed by atoms with E-state index in [1.807, 2.05) is 91.0 Å². The lowest BCUT2D eigenvalue weighted by Crippen LogP contribution is -2.60. The standard InChI is InChI=1S/C31H38O5/c1-23(2)18-27-29(32)31(35-21-26-16-10-5-11-17-26)30(34-20-25-14-8-4-9-15-25)28(36-27)22-33-19-24-12-6-3-7-13-24/h3-17,23,27-32H,18-22H2,1-2H3/t27-,28-,29+,30+,31-/m1/s1. The van der Waals surface area contributed by atoms with Gasteiger partial charge in [0, 0.05) is 0 Å². The Morgan fingerprint density at radius 3 is 1.64 bits per heavy atom. The van der Waals surface area contributed by atoms with Crippen molar-refractivity contribution in [3.8, 4) is 0 Å². The summed E-state index contributed by atoms with van der Waals surface area (Å²) in [5.74, 6) is 0.368. The van der Waals surface area contributed by atoms with Gasteiger partial charge in [0.1, 0.15) is 24.4 Å². The van der Waals surface area contributed by atoms with Crippen molar-refractivity contribution in [2.45, 2.75) is 70.6 Å². The summed E-state index contributed by atoms with van der Waals surface area (Å²) < 4.78 is 25.3. The van der Waals surface area contributed by atoms with Crippen molar-refractivity contribution in [3.63, 3.8) is 0 Å². The Morgan fingerprint density at radius 1 is 0.667 bits per heavy atom. The van der Waals surface area contributed by atoms with Gasteiger partial charge in [-0.3, -0.25) is 0 Å². The maximum Gasteiger partial charge on any atom is 0.115 e. The zero-order valence-electron chi connectivity index (χ0n) is 21.2. The van der Waals surface area contributed by atoms with E-state index in [9.17, 15) is 5.11 Å². The lowest BCUT2D eigenvalue weighted by molar-refractivity contribution is -0.263. The fourth-order valence-electron chi connectivity index (χ4n) is 4.59. The van der Waals surface area contributed by atoms with Crippen molar-refractivity contribution in [2.75, 3.05) is 6.61 Å². The summed E-state index contributed by atoms with van der Waals surface area (Å²) in [4.78, 5) is 0. The predicted octanol–water partition coefficient (Wildman–Crippen LogP) is 5.55. The molecule has 1 aliphatic rings. The Hall–Kier alpha value is -2.54. The fourth-order valence-corrected chi connectivity index (χ4v) is 4.59. The molecule has 0 spiro atoms. The van der Waals surface area contributed by atoms with Crippen LogP contribution in [0.4, 0.5) is 0 Å². The van der Waals surface area contributed by atoms with Gasteiger partial charge in [-0.05, 0) is 29.0 Å². The first-order valence-electron chi connectivity index (χ1n) is 12.9. The molecule has 0 unspecified atom stereocenters. The van der Waals surface area contributed by atoms with Gasteiger partial charge in [0.2, 0.25) is 0 Å². The molecule has 0 amide bonds. The molecule has 5 heteroatoms. The van der Waals surface area contributed by atoms with Gasteiger partial charge in [-0.1, -0.05) is 105 Å². The summed E-state index contributed by atoms with van der Waals surface area (Å²) in [5.41, 5.74) is 3.21. The van der Waals surface area contributed by atoms with Crippen LogP contribution >= 0.6 is 0 Å². The first-order chi connectivity index (χ1) is 17.6. The minimum absolute atomic E-state index is 0.348. The molecule has 3 aromatic rings. The zero-order chi connectivity index (χ0) is 25.2. The Morgan fingerprint density at radius 2 is 1.14 bits per heavy atom. The Kier molecular flexibility index (Phi) is 10.1. The molecule has 1 aliphatic heterocycles. The summed E-state index contributed by atoms with van der Waals surface area (Å²) in [7, 11) is 0. The molecule has 0 aliphatic carbocycles. The van der Waals surface area contributed by atoms with Crippen LogP contribution in [0.3, 0.4) is 0 Å². The second-order valence-electron chi connectivity index (χ2n) is 9.86. The third-order valence-electron chi connectivity index (χ3n) is 6.43. The molecule has 5 atom stereocenters. The normalized spacial score (nSPS) is 24.2. The van der Waals surface area contributed by atoms with Crippen LogP contribution in [0.15, 0.2) is 91.0 Å². The molecule has 0 radical (unpaired) electrons. The number of aliphatic hydroxyl groups is 1. The van der Waals surface area contributed by atoms with Gasteiger partial charge in [-0.25, -0.2) is 0 Å². The van der Waals surface area contributed by atoms with Crippen LogP contribution in [-0.2, 0) is 38.8 Å². The van der Waals surface area contributed by atoms with Crippen LogP contribution in [0.1, 0.15) is 37.0 Å². The first-order valence-corrected chi connectivity index (χ1v) is 12.9.